The second-order valence-corrected chi connectivity index (χ2v) is 20.9. The number of nitro groups is 1. The molecular weight excluding hydrogens is 695 g/mol. The van der Waals surface area contributed by atoms with E-state index in [1.54, 1.807) is 0 Å². The van der Waals surface area contributed by atoms with Crippen molar-refractivity contribution in [1.29, 1.82) is 0 Å². The van der Waals surface area contributed by atoms with Gasteiger partial charge in [0, 0.05) is 22.2 Å². The molecule has 11 atom stereocenters. The Morgan fingerprint density at radius 2 is 1.53 bits per heavy atom. The summed E-state index contributed by atoms with van der Waals surface area (Å²) in [5, 5.41) is 23.2. The number of fused-ring (bicyclic) bond motifs is 7. The number of Topliss-reactive ketones (excluding diaryl/α,β-unsaturated/α-hetero) is 1. The Morgan fingerprint density at radius 1 is 0.855 bits per heavy atom. The molecule has 5 fully saturated rings. The average molecular weight is 760 g/mol. The first-order chi connectivity index (χ1) is 25.6. The number of esters is 2. The molecule has 0 bridgehead atoms. The molecule has 6 aliphatic rings. The van der Waals surface area contributed by atoms with Gasteiger partial charge in [0.2, 0.25) is 6.54 Å². The van der Waals surface area contributed by atoms with E-state index in [-0.39, 0.29) is 82.2 Å². The van der Waals surface area contributed by atoms with E-state index in [1.165, 1.54) is 0 Å². The molecular formula is C46H65NO8. The van der Waals surface area contributed by atoms with Crippen molar-refractivity contribution in [1.82, 2.24) is 0 Å². The van der Waals surface area contributed by atoms with Crippen LogP contribution in [0.4, 0.5) is 0 Å². The number of carbonyl (C=O) groups excluding carboxylic acids is 3. The standard InChI is InChI=1S/C46H65NO8/c1-27(2)37-32(48)24-46(35(49)25-47(52)53)22-21-44(8)29(38(37)46)15-16-34-43(7)19-18-36(42(5,6)33(43)17-20-45(34,44)9)55-40(51)31-23-30(41(31,3)4)39(50)54-26-28-13-11-10-12-14-28/h10-14,27,29-31,33-36,49H,15-26H2,1-9H3/t29-,30+,31-,33+,34-,35?,36+,43+,44-,45-,46+/m1/s1. The summed E-state index contributed by atoms with van der Waals surface area (Å²) >= 11 is 0. The first-order valence-electron chi connectivity index (χ1n) is 21.1. The monoisotopic (exact) mass is 759 g/mol. The molecule has 55 heavy (non-hydrogen) atoms. The van der Waals surface area contributed by atoms with Gasteiger partial charge in [-0.05, 0) is 114 Å². The largest absolute Gasteiger partial charge is 0.462 e. The van der Waals surface area contributed by atoms with E-state index in [4.69, 9.17) is 9.47 Å². The molecule has 9 nitrogen and oxygen atoms in total. The second kappa shape index (κ2) is 13.5. The third kappa shape index (κ3) is 5.89. The molecule has 1 aromatic carbocycles. The number of hydrogen-bond donors (Lipinski definition) is 1. The zero-order chi connectivity index (χ0) is 40.1. The lowest BCUT2D eigenvalue weighted by molar-refractivity contribution is -0.494. The lowest BCUT2D eigenvalue weighted by Gasteiger charge is -2.72. The molecule has 9 heteroatoms. The van der Waals surface area contributed by atoms with E-state index in [9.17, 15) is 29.6 Å². The molecule has 0 aromatic heterocycles. The molecule has 0 saturated heterocycles. The molecule has 0 aliphatic heterocycles. The highest BCUT2D eigenvalue weighted by atomic mass is 16.6. The van der Waals surface area contributed by atoms with Crippen molar-refractivity contribution in [3.05, 3.63) is 57.2 Å². The predicted molar refractivity (Wildman–Crippen MR) is 209 cm³/mol. The van der Waals surface area contributed by atoms with Crippen LogP contribution in [0.15, 0.2) is 41.5 Å². The fourth-order valence-electron chi connectivity index (χ4n) is 14.4. The molecule has 1 N–H and O–H groups in total. The van der Waals surface area contributed by atoms with E-state index in [1.807, 2.05) is 44.2 Å². The van der Waals surface area contributed by atoms with Gasteiger partial charge in [-0.2, -0.15) is 0 Å². The molecule has 6 aliphatic carbocycles. The first-order valence-corrected chi connectivity index (χ1v) is 21.1. The number of allylic oxidation sites excluding steroid dienone is 1. The fraction of sp³-hybridized carbons (Fsp3) is 0.761. The SMILES string of the molecule is CC(C)C1=C2[C@H]3CC[C@@H]4[C@@]5(C)CC[C@H](OC(=O)[C@H]6C[C@@H](C(=O)OCc7ccccc7)C6(C)C)C(C)(C)[C@@H]5CC[C@@]4(C)[C@]3(C)CC[C@@]2(C(O)C[N+](=O)[O-])CC1=O. The van der Waals surface area contributed by atoms with E-state index < -0.39 is 28.4 Å². The Morgan fingerprint density at radius 3 is 2.16 bits per heavy atom. The van der Waals surface area contributed by atoms with Gasteiger partial charge in [0.1, 0.15) is 18.8 Å². The van der Waals surface area contributed by atoms with Crippen molar-refractivity contribution in [2.24, 2.45) is 68.0 Å². The summed E-state index contributed by atoms with van der Waals surface area (Å²) in [6.45, 7) is 19.8. The maximum atomic E-state index is 13.9. The number of carbonyl (C=O) groups is 3. The normalized spacial score (nSPS) is 40.5. The number of aliphatic hydroxyl groups excluding tert-OH is 1. The summed E-state index contributed by atoms with van der Waals surface area (Å²) < 4.78 is 12.2. The van der Waals surface area contributed by atoms with Crippen LogP contribution < -0.4 is 0 Å². The Kier molecular flexibility index (Phi) is 9.86. The third-order valence-corrected chi connectivity index (χ3v) is 17.7. The van der Waals surface area contributed by atoms with Crippen molar-refractivity contribution in [2.45, 2.75) is 145 Å². The van der Waals surface area contributed by atoms with Gasteiger partial charge in [-0.3, -0.25) is 24.5 Å². The van der Waals surface area contributed by atoms with Crippen molar-refractivity contribution in [2.75, 3.05) is 6.54 Å². The lowest BCUT2D eigenvalue weighted by atomic mass is 9.33. The Balaban J connectivity index is 1.08. The summed E-state index contributed by atoms with van der Waals surface area (Å²) in [5.74, 6) is -0.210. The molecule has 0 spiro atoms. The highest BCUT2D eigenvalue weighted by Gasteiger charge is 2.71. The number of nitrogens with zero attached hydrogens (tertiary/aromatic N) is 1. The summed E-state index contributed by atoms with van der Waals surface area (Å²) in [5.41, 5.74) is 1.06. The van der Waals surface area contributed by atoms with Gasteiger partial charge in [-0.15, -0.1) is 0 Å². The van der Waals surface area contributed by atoms with Gasteiger partial charge in [-0.25, -0.2) is 0 Å². The molecule has 0 heterocycles. The summed E-state index contributed by atoms with van der Waals surface area (Å²) in [7, 11) is 0. The van der Waals surface area contributed by atoms with Crippen LogP contribution in [0, 0.1) is 78.1 Å². The minimum absolute atomic E-state index is 0.00282. The molecule has 1 unspecified atom stereocenters. The highest BCUT2D eigenvalue weighted by Crippen LogP contribution is 2.77. The number of hydrogen-bond acceptors (Lipinski definition) is 8. The van der Waals surface area contributed by atoms with E-state index in [0.29, 0.717) is 24.7 Å². The van der Waals surface area contributed by atoms with Crippen LogP contribution in [0.3, 0.4) is 0 Å². The molecule has 0 radical (unpaired) electrons. The van der Waals surface area contributed by atoms with Crippen molar-refractivity contribution >= 4 is 17.7 Å². The molecule has 302 valence electrons. The van der Waals surface area contributed by atoms with Gasteiger partial charge in [0.25, 0.3) is 0 Å². The zero-order valence-electron chi connectivity index (χ0n) is 34.7. The van der Waals surface area contributed by atoms with Gasteiger partial charge in [-0.1, -0.05) is 98.2 Å². The first kappa shape index (κ1) is 40.1. The van der Waals surface area contributed by atoms with Crippen molar-refractivity contribution in [3.8, 4) is 0 Å². The van der Waals surface area contributed by atoms with Crippen molar-refractivity contribution in [3.63, 3.8) is 0 Å². The topological polar surface area (TPSA) is 133 Å². The van der Waals surface area contributed by atoms with Crippen LogP contribution in [-0.4, -0.2) is 46.5 Å². The smallest absolute Gasteiger partial charge is 0.309 e. The van der Waals surface area contributed by atoms with Crippen LogP contribution in [0.1, 0.15) is 132 Å². The van der Waals surface area contributed by atoms with Gasteiger partial charge < -0.3 is 14.6 Å². The molecule has 1 aromatic rings. The number of benzene rings is 1. The molecule has 7 rings (SSSR count). The summed E-state index contributed by atoms with van der Waals surface area (Å²) in [6.07, 6.45) is 6.39. The quantitative estimate of drug-likeness (QED) is 0.150. The maximum Gasteiger partial charge on any atom is 0.309 e. The van der Waals surface area contributed by atoms with E-state index >= 15 is 0 Å². The minimum Gasteiger partial charge on any atom is -0.462 e. The predicted octanol–water partition coefficient (Wildman–Crippen LogP) is 8.92. The van der Waals surface area contributed by atoms with E-state index in [2.05, 4.69) is 48.5 Å². The Bertz CT molecular complexity index is 1770. The van der Waals surface area contributed by atoms with Gasteiger partial charge >= 0.3 is 11.9 Å². The summed E-state index contributed by atoms with van der Waals surface area (Å²) in [6, 6.07) is 9.64. The number of ketones is 1. The van der Waals surface area contributed by atoms with Crippen LogP contribution in [0.5, 0.6) is 0 Å². The van der Waals surface area contributed by atoms with Gasteiger partial charge in [0.05, 0.1) is 11.8 Å². The number of aliphatic hydroxyl groups is 1. The Hall–Kier alpha value is -3.07. The van der Waals surface area contributed by atoms with E-state index in [0.717, 1.165) is 61.7 Å². The lowest BCUT2D eigenvalue weighted by Crippen LogP contribution is -2.66. The highest BCUT2D eigenvalue weighted by molar-refractivity contribution is 6.00. The third-order valence-electron chi connectivity index (χ3n) is 17.7. The van der Waals surface area contributed by atoms with Gasteiger partial charge in [0.15, 0.2) is 5.78 Å². The summed E-state index contributed by atoms with van der Waals surface area (Å²) in [4.78, 5) is 52.1. The molecule has 0 amide bonds. The maximum absolute atomic E-state index is 13.9. The second-order valence-electron chi connectivity index (χ2n) is 20.9. The zero-order valence-corrected chi connectivity index (χ0v) is 34.7. The van der Waals surface area contributed by atoms with Crippen LogP contribution >= 0.6 is 0 Å². The van der Waals surface area contributed by atoms with Crippen LogP contribution in [-0.2, 0) is 30.5 Å². The van der Waals surface area contributed by atoms with Crippen molar-refractivity contribution < 1.29 is 33.9 Å². The van der Waals surface area contributed by atoms with Crippen LogP contribution in [0.25, 0.3) is 0 Å². The number of rotatable bonds is 9. The fourth-order valence-corrected chi connectivity index (χ4v) is 14.4. The number of ether oxygens (including phenoxy) is 2. The minimum atomic E-state index is -1.18. The molecule has 5 saturated carbocycles. The average Bonchev–Trinajstić information content (AvgIpc) is 3.42. The Labute approximate surface area is 327 Å². The van der Waals surface area contributed by atoms with Crippen LogP contribution in [0.2, 0.25) is 0 Å².